The highest BCUT2D eigenvalue weighted by atomic mass is 32.2. The van der Waals surface area contributed by atoms with Crippen molar-refractivity contribution in [1.82, 2.24) is 0 Å². The van der Waals surface area contributed by atoms with Gasteiger partial charge in [-0.25, -0.2) is 8.42 Å². The molecule has 0 heterocycles. The van der Waals surface area contributed by atoms with Gasteiger partial charge < -0.3 is 0 Å². The van der Waals surface area contributed by atoms with E-state index in [0.29, 0.717) is 12.0 Å². The van der Waals surface area contributed by atoms with Gasteiger partial charge in [0.25, 0.3) is 0 Å². The van der Waals surface area contributed by atoms with Gasteiger partial charge in [-0.1, -0.05) is 43.3 Å². The largest absolute Gasteiger partial charge is 0.289 e. The summed E-state index contributed by atoms with van der Waals surface area (Å²) in [6, 6.07) is 13.1. The van der Waals surface area contributed by atoms with Crippen molar-refractivity contribution >= 4 is 26.4 Å². The molecule has 0 aliphatic heterocycles. The summed E-state index contributed by atoms with van der Waals surface area (Å²) in [5.41, 5.74) is 0.492. The summed E-state index contributed by atoms with van der Waals surface area (Å²) in [4.78, 5) is 12.0. The van der Waals surface area contributed by atoms with Gasteiger partial charge in [0, 0.05) is 11.0 Å². The zero-order valence-corrected chi connectivity index (χ0v) is 12.1. The second kappa shape index (κ2) is 6.01. The molecule has 2 aromatic carbocycles. The number of carbonyl (C=O) groups excluding carboxylic acids is 1. The number of allylic oxidation sites excluding steroid dienone is 1. The van der Waals surface area contributed by atoms with E-state index in [1.807, 2.05) is 30.3 Å². The van der Waals surface area contributed by atoms with Crippen molar-refractivity contribution in [3.63, 3.8) is 0 Å². The third-order valence-electron chi connectivity index (χ3n) is 2.95. The van der Waals surface area contributed by atoms with Crippen LogP contribution in [0.5, 0.6) is 0 Å². The average molecular weight is 288 g/mol. The Labute approximate surface area is 118 Å². The van der Waals surface area contributed by atoms with Crippen LogP contribution in [0, 0.1) is 0 Å². The molecule has 0 aromatic heterocycles. The van der Waals surface area contributed by atoms with Crippen molar-refractivity contribution in [1.29, 1.82) is 0 Å². The summed E-state index contributed by atoms with van der Waals surface area (Å²) < 4.78 is 23.1. The Morgan fingerprint density at radius 1 is 1.10 bits per heavy atom. The molecule has 4 heteroatoms. The van der Waals surface area contributed by atoms with Gasteiger partial charge >= 0.3 is 0 Å². The molecule has 2 aromatic rings. The summed E-state index contributed by atoms with van der Waals surface area (Å²) in [6.45, 7) is 1.79. The van der Waals surface area contributed by atoms with Gasteiger partial charge in [0.1, 0.15) is 0 Å². The summed E-state index contributed by atoms with van der Waals surface area (Å²) in [5, 5.41) is 3.02. The molecule has 0 aliphatic carbocycles. The Kier molecular flexibility index (Phi) is 4.35. The van der Waals surface area contributed by atoms with Gasteiger partial charge in [-0.3, -0.25) is 4.79 Å². The van der Waals surface area contributed by atoms with Gasteiger partial charge in [0.2, 0.25) is 0 Å². The van der Waals surface area contributed by atoms with Crippen molar-refractivity contribution in [2.24, 2.45) is 0 Å². The van der Waals surface area contributed by atoms with Crippen LogP contribution in [0.2, 0.25) is 0 Å². The Bertz CT molecular complexity index is 758. The molecule has 0 radical (unpaired) electrons. The molecular weight excluding hydrogens is 272 g/mol. The zero-order valence-electron chi connectivity index (χ0n) is 11.2. The van der Waals surface area contributed by atoms with Crippen LogP contribution >= 0.6 is 0 Å². The lowest BCUT2D eigenvalue weighted by Crippen LogP contribution is -2.02. The van der Waals surface area contributed by atoms with Gasteiger partial charge in [-0.05, 0) is 29.3 Å². The summed E-state index contributed by atoms with van der Waals surface area (Å²) in [6.07, 6.45) is 1.67. The van der Waals surface area contributed by atoms with Gasteiger partial charge in [-0.2, -0.15) is 0 Å². The van der Waals surface area contributed by atoms with E-state index in [4.69, 9.17) is 0 Å². The van der Waals surface area contributed by atoms with Crippen LogP contribution in [0.1, 0.15) is 23.7 Å². The van der Waals surface area contributed by atoms with Crippen molar-refractivity contribution in [2.45, 2.75) is 13.3 Å². The van der Waals surface area contributed by atoms with E-state index in [-0.39, 0.29) is 11.5 Å². The maximum atomic E-state index is 12.0. The Balaban J connectivity index is 2.26. The van der Waals surface area contributed by atoms with E-state index < -0.39 is 9.84 Å². The SMILES string of the molecule is CCCS(=O)(=O)C=CC(=O)c1ccc2ccccc2c1. The van der Waals surface area contributed by atoms with Crippen LogP contribution in [0.4, 0.5) is 0 Å². The molecule has 20 heavy (non-hydrogen) atoms. The van der Waals surface area contributed by atoms with E-state index in [1.165, 1.54) is 0 Å². The molecule has 2 rings (SSSR count). The molecule has 0 atom stereocenters. The topological polar surface area (TPSA) is 51.2 Å². The van der Waals surface area contributed by atoms with E-state index in [9.17, 15) is 13.2 Å². The third kappa shape index (κ3) is 3.54. The molecule has 0 saturated heterocycles. The van der Waals surface area contributed by atoms with Crippen molar-refractivity contribution in [3.05, 3.63) is 59.5 Å². The number of benzene rings is 2. The minimum atomic E-state index is -3.28. The third-order valence-corrected chi connectivity index (χ3v) is 4.48. The number of carbonyl (C=O) groups is 1. The molecule has 104 valence electrons. The number of hydrogen-bond donors (Lipinski definition) is 0. The molecule has 0 saturated carbocycles. The highest BCUT2D eigenvalue weighted by Crippen LogP contribution is 2.16. The van der Waals surface area contributed by atoms with E-state index in [2.05, 4.69) is 0 Å². The number of fused-ring (bicyclic) bond motifs is 1. The van der Waals surface area contributed by atoms with Gasteiger partial charge in [-0.15, -0.1) is 0 Å². The molecule has 0 unspecified atom stereocenters. The van der Waals surface area contributed by atoms with Crippen LogP contribution in [0.25, 0.3) is 10.8 Å². The van der Waals surface area contributed by atoms with Crippen molar-refractivity contribution in [2.75, 3.05) is 5.75 Å². The van der Waals surface area contributed by atoms with Crippen LogP contribution in [-0.2, 0) is 9.84 Å². The lowest BCUT2D eigenvalue weighted by atomic mass is 10.0. The zero-order chi connectivity index (χ0) is 14.6. The van der Waals surface area contributed by atoms with E-state index >= 15 is 0 Å². The first kappa shape index (κ1) is 14.5. The van der Waals surface area contributed by atoms with Gasteiger partial charge in [0.05, 0.1) is 5.75 Å². The lowest BCUT2D eigenvalue weighted by Gasteiger charge is -2.00. The van der Waals surface area contributed by atoms with Crippen LogP contribution < -0.4 is 0 Å². The number of sulfone groups is 1. The number of rotatable bonds is 5. The normalized spacial score (nSPS) is 12.1. The first-order valence-electron chi connectivity index (χ1n) is 6.46. The minimum absolute atomic E-state index is 0.0640. The lowest BCUT2D eigenvalue weighted by molar-refractivity contribution is 0.104. The van der Waals surface area contributed by atoms with Crippen LogP contribution in [0.3, 0.4) is 0 Å². The van der Waals surface area contributed by atoms with E-state index in [1.54, 1.807) is 19.1 Å². The van der Waals surface area contributed by atoms with Crippen LogP contribution in [0.15, 0.2) is 53.9 Å². The minimum Gasteiger partial charge on any atom is -0.289 e. The highest BCUT2D eigenvalue weighted by molar-refractivity contribution is 7.94. The molecule has 0 amide bonds. The smallest absolute Gasteiger partial charge is 0.186 e. The Hall–Kier alpha value is -1.94. The monoisotopic (exact) mass is 288 g/mol. The second-order valence-corrected chi connectivity index (χ2v) is 6.60. The quantitative estimate of drug-likeness (QED) is 0.626. The molecule has 0 fully saturated rings. The fraction of sp³-hybridized carbons (Fsp3) is 0.188. The molecule has 0 spiro atoms. The van der Waals surface area contributed by atoms with Crippen LogP contribution in [-0.4, -0.2) is 20.0 Å². The second-order valence-electron chi connectivity index (χ2n) is 4.60. The summed E-state index contributed by atoms with van der Waals surface area (Å²) >= 11 is 0. The summed E-state index contributed by atoms with van der Waals surface area (Å²) in [5.74, 6) is -0.232. The van der Waals surface area contributed by atoms with Crippen molar-refractivity contribution in [3.8, 4) is 0 Å². The van der Waals surface area contributed by atoms with Crippen molar-refractivity contribution < 1.29 is 13.2 Å². The first-order chi connectivity index (χ1) is 9.52. The highest BCUT2D eigenvalue weighted by Gasteiger charge is 2.07. The fourth-order valence-electron chi connectivity index (χ4n) is 1.96. The predicted octanol–water partition coefficient (Wildman–Crippen LogP) is 3.36. The molecule has 0 bridgehead atoms. The fourth-order valence-corrected chi connectivity index (χ4v) is 2.99. The molecular formula is C16H16O3S. The molecule has 0 aliphatic rings. The Morgan fingerprint density at radius 3 is 2.50 bits per heavy atom. The maximum Gasteiger partial charge on any atom is 0.186 e. The summed E-state index contributed by atoms with van der Waals surface area (Å²) in [7, 11) is -3.28. The number of hydrogen-bond acceptors (Lipinski definition) is 3. The van der Waals surface area contributed by atoms with Gasteiger partial charge in [0.15, 0.2) is 15.6 Å². The predicted molar refractivity (Wildman–Crippen MR) is 81.5 cm³/mol. The number of ketones is 1. The molecule has 3 nitrogen and oxygen atoms in total. The average Bonchev–Trinajstić information content (AvgIpc) is 2.44. The van der Waals surface area contributed by atoms with E-state index in [0.717, 1.165) is 22.3 Å². The maximum absolute atomic E-state index is 12.0. The first-order valence-corrected chi connectivity index (χ1v) is 8.17. The standard InChI is InChI=1S/C16H16O3S/c1-2-10-20(18,19)11-9-16(17)15-8-7-13-5-3-4-6-14(13)12-15/h3-9,11-12H,2,10H2,1H3. The molecule has 0 N–H and O–H groups in total. The Morgan fingerprint density at radius 2 is 1.80 bits per heavy atom.